The molecule has 1 unspecified atom stereocenters. The second-order valence-electron chi connectivity index (χ2n) is 8.80. The molecule has 0 bridgehead atoms. The van der Waals surface area contributed by atoms with Crippen LogP contribution in [0, 0.1) is 0 Å². The molecule has 2 amide bonds. The number of carbonyl (C=O) groups is 2. The summed E-state index contributed by atoms with van der Waals surface area (Å²) >= 11 is 0. The molecule has 0 aliphatic carbocycles. The lowest BCUT2D eigenvalue weighted by Gasteiger charge is -2.35. The molecule has 2 aromatic rings. The van der Waals surface area contributed by atoms with Crippen LogP contribution < -0.4 is 25.0 Å². The normalized spacial score (nSPS) is 17.9. The van der Waals surface area contributed by atoms with Crippen LogP contribution in [0.2, 0.25) is 0 Å². The summed E-state index contributed by atoms with van der Waals surface area (Å²) in [6, 6.07) is 11.9. The smallest absolute Gasteiger partial charge is 0.309 e. The van der Waals surface area contributed by atoms with E-state index >= 15 is 0 Å². The fraction of sp³-hybridized carbons (Fsp3) is 0.440. The lowest BCUT2D eigenvalue weighted by Crippen LogP contribution is -2.46. The first-order valence-electron chi connectivity index (χ1n) is 11.7. The number of rotatable bonds is 6. The van der Waals surface area contributed by atoms with Crippen LogP contribution in [-0.4, -0.2) is 69.9 Å². The third kappa shape index (κ3) is 4.80. The summed E-state index contributed by atoms with van der Waals surface area (Å²) in [6.45, 7) is 4.68. The van der Waals surface area contributed by atoms with Crippen molar-refractivity contribution in [3.05, 3.63) is 53.1 Å². The number of morpholine rings is 1. The number of likely N-dealkylation sites (N-methyl/N-ethyl adjacent to an activating group) is 1. The molecule has 5 rings (SSSR count). The van der Waals surface area contributed by atoms with E-state index in [1.54, 1.807) is 12.1 Å². The minimum absolute atomic E-state index is 0.0225. The maximum absolute atomic E-state index is 12.6. The maximum Gasteiger partial charge on any atom is 0.309 e. The zero-order valence-electron chi connectivity index (χ0n) is 19.3. The van der Waals surface area contributed by atoms with Gasteiger partial charge in [0.05, 0.1) is 19.3 Å². The minimum Gasteiger partial charge on any atom is -0.454 e. The predicted molar refractivity (Wildman–Crippen MR) is 126 cm³/mol. The van der Waals surface area contributed by atoms with Gasteiger partial charge in [-0.15, -0.1) is 0 Å². The molecule has 180 valence electrons. The van der Waals surface area contributed by atoms with Gasteiger partial charge in [0, 0.05) is 45.5 Å². The summed E-state index contributed by atoms with van der Waals surface area (Å²) in [5, 5.41) is 5.53. The van der Waals surface area contributed by atoms with Crippen LogP contribution in [0.5, 0.6) is 11.5 Å². The molecule has 1 saturated heterocycles. The van der Waals surface area contributed by atoms with Gasteiger partial charge in [-0.05, 0) is 41.3 Å². The van der Waals surface area contributed by atoms with Crippen molar-refractivity contribution >= 4 is 17.5 Å². The number of fused-ring (bicyclic) bond motifs is 2. The van der Waals surface area contributed by atoms with Crippen LogP contribution in [0.3, 0.4) is 0 Å². The van der Waals surface area contributed by atoms with Gasteiger partial charge < -0.3 is 29.7 Å². The van der Waals surface area contributed by atoms with Crippen molar-refractivity contribution in [1.29, 1.82) is 0 Å². The van der Waals surface area contributed by atoms with Gasteiger partial charge >= 0.3 is 11.8 Å². The highest BCUT2D eigenvalue weighted by atomic mass is 16.7. The molecule has 0 radical (unpaired) electrons. The molecule has 0 saturated carbocycles. The number of amides is 2. The van der Waals surface area contributed by atoms with E-state index in [0.717, 1.165) is 37.2 Å². The molecule has 2 aromatic carbocycles. The lowest BCUT2D eigenvalue weighted by atomic mass is 10.0. The highest BCUT2D eigenvalue weighted by Gasteiger charge is 2.26. The lowest BCUT2D eigenvalue weighted by molar-refractivity contribution is -0.139. The average molecular weight is 467 g/mol. The van der Waals surface area contributed by atoms with E-state index in [2.05, 4.69) is 45.7 Å². The Morgan fingerprint density at radius 1 is 0.971 bits per heavy atom. The molecular formula is C25H30N4O5. The molecule has 3 aliphatic heterocycles. The molecule has 3 aliphatic rings. The zero-order chi connectivity index (χ0) is 23.5. The summed E-state index contributed by atoms with van der Waals surface area (Å²) in [6.07, 6.45) is 1.02. The third-order valence-corrected chi connectivity index (χ3v) is 6.65. The summed E-state index contributed by atoms with van der Waals surface area (Å²) in [5.74, 6) is 0.0270. The fourth-order valence-electron chi connectivity index (χ4n) is 4.72. The van der Waals surface area contributed by atoms with Crippen molar-refractivity contribution in [2.75, 3.05) is 58.1 Å². The Kier molecular flexibility index (Phi) is 6.55. The monoisotopic (exact) mass is 466 g/mol. The Morgan fingerprint density at radius 2 is 1.76 bits per heavy atom. The highest BCUT2D eigenvalue weighted by Crippen LogP contribution is 2.33. The van der Waals surface area contributed by atoms with E-state index in [4.69, 9.17) is 14.2 Å². The molecule has 34 heavy (non-hydrogen) atoms. The van der Waals surface area contributed by atoms with E-state index in [1.165, 1.54) is 11.3 Å². The first-order chi connectivity index (χ1) is 16.6. The van der Waals surface area contributed by atoms with Crippen molar-refractivity contribution < 1.29 is 23.8 Å². The van der Waals surface area contributed by atoms with Gasteiger partial charge in [-0.2, -0.15) is 0 Å². The number of nitrogens with one attached hydrogen (secondary N) is 2. The SMILES string of the molecule is CN1CCc2cc(C(CNC(=O)C(=O)NCc3ccc4c(c3)OCO4)N3CCOCC3)ccc21. The molecule has 1 fully saturated rings. The number of benzene rings is 2. The molecule has 0 aromatic heterocycles. The first kappa shape index (κ1) is 22.5. The Morgan fingerprint density at radius 3 is 2.62 bits per heavy atom. The molecule has 1 atom stereocenters. The average Bonchev–Trinajstić information content (AvgIpc) is 3.49. The summed E-state index contributed by atoms with van der Waals surface area (Å²) in [7, 11) is 2.10. The Balaban J connectivity index is 1.21. The molecule has 9 nitrogen and oxygen atoms in total. The van der Waals surface area contributed by atoms with Gasteiger partial charge in [0.15, 0.2) is 11.5 Å². The van der Waals surface area contributed by atoms with Gasteiger partial charge in [0.2, 0.25) is 6.79 Å². The van der Waals surface area contributed by atoms with Gasteiger partial charge in [-0.3, -0.25) is 14.5 Å². The number of nitrogens with zero attached hydrogens (tertiary/aromatic N) is 2. The topological polar surface area (TPSA) is 92.4 Å². The van der Waals surface area contributed by atoms with Crippen molar-refractivity contribution in [3.63, 3.8) is 0 Å². The minimum atomic E-state index is -0.658. The number of hydrogen-bond donors (Lipinski definition) is 2. The van der Waals surface area contributed by atoms with Gasteiger partial charge in [-0.1, -0.05) is 18.2 Å². The summed E-state index contributed by atoms with van der Waals surface area (Å²) < 4.78 is 16.2. The standard InChI is InChI=1S/C25H30N4O5/c1-28-7-6-19-13-18(3-4-20(19)28)21(29-8-10-32-11-9-29)15-27-25(31)24(30)26-14-17-2-5-22-23(12-17)34-16-33-22/h2-5,12-13,21H,6-11,14-16H2,1H3,(H,26,30)(H,27,31). The van der Waals surface area contributed by atoms with E-state index in [1.807, 2.05) is 6.07 Å². The van der Waals surface area contributed by atoms with Gasteiger partial charge in [0.25, 0.3) is 0 Å². The van der Waals surface area contributed by atoms with Crippen LogP contribution in [0.1, 0.15) is 22.7 Å². The van der Waals surface area contributed by atoms with Gasteiger partial charge in [-0.25, -0.2) is 0 Å². The number of ether oxygens (including phenoxy) is 3. The van der Waals surface area contributed by atoms with E-state index in [9.17, 15) is 9.59 Å². The number of carbonyl (C=O) groups excluding carboxylic acids is 2. The fourth-order valence-corrected chi connectivity index (χ4v) is 4.72. The van der Waals surface area contributed by atoms with E-state index < -0.39 is 11.8 Å². The summed E-state index contributed by atoms with van der Waals surface area (Å²) in [4.78, 5) is 29.6. The van der Waals surface area contributed by atoms with Crippen LogP contribution in [0.25, 0.3) is 0 Å². The van der Waals surface area contributed by atoms with Crippen molar-refractivity contribution in [2.24, 2.45) is 0 Å². The van der Waals surface area contributed by atoms with Crippen LogP contribution in [0.15, 0.2) is 36.4 Å². The van der Waals surface area contributed by atoms with Crippen LogP contribution in [-0.2, 0) is 27.3 Å². The second kappa shape index (κ2) is 9.90. The Hall–Kier alpha value is -3.30. The largest absolute Gasteiger partial charge is 0.454 e. The Bertz CT molecular complexity index is 1070. The second-order valence-corrected chi connectivity index (χ2v) is 8.80. The maximum atomic E-state index is 12.6. The molecule has 3 heterocycles. The zero-order valence-corrected chi connectivity index (χ0v) is 19.3. The number of anilines is 1. The highest BCUT2D eigenvalue weighted by molar-refractivity contribution is 6.35. The third-order valence-electron chi connectivity index (χ3n) is 6.65. The molecule has 0 spiro atoms. The molecule has 2 N–H and O–H groups in total. The quantitative estimate of drug-likeness (QED) is 0.619. The number of hydrogen-bond acceptors (Lipinski definition) is 7. The summed E-state index contributed by atoms with van der Waals surface area (Å²) in [5.41, 5.74) is 4.57. The van der Waals surface area contributed by atoms with Crippen molar-refractivity contribution in [1.82, 2.24) is 15.5 Å². The molecule has 9 heteroatoms. The molecular weight excluding hydrogens is 436 g/mol. The first-order valence-corrected chi connectivity index (χ1v) is 11.7. The van der Waals surface area contributed by atoms with Crippen molar-refractivity contribution in [3.8, 4) is 11.5 Å². The predicted octanol–water partition coefficient (Wildman–Crippen LogP) is 1.21. The van der Waals surface area contributed by atoms with Crippen LogP contribution >= 0.6 is 0 Å². The van der Waals surface area contributed by atoms with Gasteiger partial charge in [0.1, 0.15) is 0 Å². The van der Waals surface area contributed by atoms with E-state index in [0.29, 0.717) is 31.3 Å². The van der Waals surface area contributed by atoms with Crippen LogP contribution in [0.4, 0.5) is 5.69 Å². The van der Waals surface area contributed by atoms with E-state index in [-0.39, 0.29) is 19.4 Å². The van der Waals surface area contributed by atoms with Crippen molar-refractivity contribution in [2.45, 2.75) is 19.0 Å². The Labute approximate surface area is 198 Å².